The molecule has 18 heavy (non-hydrogen) atoms. The summed E-state index contributed by atoms with van der Waals surface area (Å²) in [7, 11) is 2.11. The van der Waals surface area contributed by atoms with E-state index in [1.165, 1.54) is 12.8 Å². The summed E-state index contributed by atoms with van der Waals surface area (Å²) in [6.07, 6.45) is 4.80. The predicted octanol–water partition coefficient (Wildman–Crippen LogP) is 3.32. The molecule has 0 aliphatic heterocycles. The van der Waals surface area contributed by atoms with Crippen LogP contribution in [0.4, 0.5) is 0 Å². The summed E-state index contributed by atoms with van der Waals surface area (Å²) in [6, 6.07) is 7.98. The van der Waals surface area contributed by atoms with Crippen molar-refractivity contribution in [3.63, 3.8) is 0 Å². The molecule has 0 saturated heterocycles. The summed E-state index contributed by atoms with van der Waals surface area (Å²) >= 11 is 6.18. The highest BCUT2D eigenvalue weighted by Gasteiger charge is 2.34. The Bertz CT molecular complexity index is 388. The maximum atomic E-state index is 9.63. The van der Waals surface area contributed by atoms with Crippen LogP contribution in [0.1, 0.15) is 31.2 Å². The molecule has 0 amide bonds. The van der Waals surface area contributed by atoms with Crippen LogP contribution in [-0.2, 0) is 6.54 Å². The largest absolute Gasteiger partial charge is 0.396 e. The number of benzene rings is 1. The minimum Gasteiger partial charge on any atom is -0.396 e. The lowest BCUT2D eigenvalue weighted by Gasteiger charge is -2.32. The molecule has 0 radical (unpaired) electrons. The van der Waals surface area contributed by atoms with Gasteiger partial charge in [-0.3, -0.25) is 0 Å². The highest BCUT2D eigenvalue weighted by atomic mass is 35.5. The van der Waals surface area contributed by atoms with Gasteiger partial charge in [0.05, 0.1) is 0 Å². The standard InChI is InChI=1S/C15H22ClNO/c1-17(10-13-6-2-3-7-14(13)16)11-15(12-18)8-4-5-9-15/h2-3,6-7,18H,4-5,8-12H2,1H3. The monoisotopic (exact) mass is 267 g/mol. The molecule has 2 rings (SSSR count). The van der Waals surface area contributed by atoms with Crippen LogP contribution >= 0.6 is 11.6 Å². The van der Waals surface area contributed by atoms with E-state index < -0.39 is 0 Å². The van der Waals surface area contributed by atoms with Gasteiger partial charge < -0.3 is 10.0 Å². The molecule has 2 nitrogen and oxygen atoms in total. The van der Waals surface area contributed by atoms with Gasteiger partial charge in [0.15, 0.2) is 0 Å². The van der Waals surface area contributed by atoms with Gasteiger partial charge in [0.2, 0.25) is 0 Å². The maximum Gasteiger partial charge on any atom is 0.0499 e. The van der Waals surface area contributed by atoms with Crippen molar-refractivity contribution in [2.75, 3.05) is 20.2 Å². The quantitative estimate of drug-likeness (QED) is 0.885. The first-order valence-corrected chi connectivity index (χ1v) is 7.06. The lowest BCUT2D eigenvalue weighted by molar-refractivity contribution is 0.0864. The van der Waals surface area contributed by atoms with Crippen LogP contribution in [0.3, 0.4) is 0 Å². The first kappa shape index (κ1) is 13.9. The summed E-state index contributed by atoms with van der Waals surface area (Å²) in [6.45, 7) is 2.11. The van der Waals surface area contributed by atoms with Gasteiger partial charge in [0.25, 0.3) is 0 Å². The van der Waals surface area contributed by atoms with E-state index in [0.29, 0.717) is 6.61 Å². The van der Waals surface area contributed by atoms with E-state index in [0.717, 1.165) is 36.5 Å². The number of halogens is 1. The number of hydrogen-bond donors (Lipinski definition) is 1. The molecule has 0 aromatic heterocycles. The zero-order chi connectivity index (χ0) is 13.0. The molecule has 100 valence electrons. The fraction of sp³-hybridized carbons (Fsp3) is 0.600. The first-order valence-electron chi connectivity index (χ1n) is 6.68. The number of nitrogens with zero attached hydrogens (tertiary/aromatic N) is 1. The zero-order valence-electron chi connectivity index (χ0n) is 11.0. The first-order chi connectivity index (χ1) is 8.65. The van der Waals surface area contributed by atoms with E-state index in [1.807, 2.05) is 18.2 Å². The third kappa shape index (κ3) is 3.25. The zero-order valence-corrected chi connectivity index (χ0v) is 11.8. The fourth-order valence-corrected chi connectivity index (χ4v) is 3.23. The summed E-state index contributed by atoms with van der Waals surface area (Å²) in [5, 5.41) is 10.5. The van der Waals surface area contributed by atoms with E-state index in [9.17, 15) is 5.11 Å². The van der Waals surface area contributed by atoms with Crippen molar-refractivity contribution >= 4 is 11.6 Å². The van der Waals surface area contributed by atoms with Crippen molar-refractivity contribution in [3.8, 4) is 0 Å². The lowest BCUT2D eigenvalue weighted by Crippen LogP contribution is -2.36. The Morgan fingerprint density at radius 3 is 2.56 bits per heavy atom. The van der Waals surface area contributed by atoms with Crippen LogP contribution in [0.5, 0.6) is 0 Å². The van der Waals surface area contributed by atoms with Crippen molar-refractivity contribution < 1.29 is 5.11 Å². The number of hydrogen-bond acceptors (Lipinski definition) is 2. The summed E-state index contributed by atoms with van der Waals surface area (Å²) in [4.78, 5) is 2.28. The highest BCUT2D eigenvalue weighted by Crippen LogP contribution is 2.38. The lowest BCUT2D eigenvalue weighted by atomic mass is 9.86. The van der Waals surface area contributed by atoms with Crippen LogP contribution in [0.25, 0.3) is 0 Å². The fourth-order valence-electron chi connectivity index (χ4n) is 3.04. The van der Waals surface area contributed by atoms with Crippen LogP contribution in [0, 0.1) is 5.41 Å². The van der Waals surface area contributed by atoms with Crippen molar-refractivity contribution in [1.29, 1.82) is 0 Å². The second kappa shape index (κ2) is 6.05. The van der Waals surface area contributed by atoms with E-state index in [1.54, 1.807) is 0 Å². The molecule has 1 aromatic rings. The molecule has 1 fully saturated rings. The van der Waals surface area contributed by atoms with Gasteiger partial charge in [-0.05, 0) is 31.5 Å². The van der Waals surface area contributed by atoms with Gasteiger partial charge in [-0.1, -0.05) is 42.6 Å². The Morgan fingerprint density at radius 2 is 1.94 bits per heavy atom. The smallest absolute Gasteiger partial charge is 0.0499 e. The Balaban J connectivity index is 1.96. The molecular weight excluding hydrogens is 246 g/mol. The summed E-state index contributed by atoms with van der Waals surface area (Å²) in [5.74, 6) is 0. The second-order valence-electron chi connectivity index (χ2n) is 5.63. The van der Waals surface area contributed by atoms with Gasteiger partial charge in [0.1, 0.15) is 0 Å². The van der Waals surface area contributed by atoms with E-state index >= 15 is 0 Å². The molecule has 1 N–H and O–H groups in total. The molecule has 3 heteroatoms. The van der Waals surface area contributed by atoms with Crippen molar-refractivity contribution in [3.05, 3.63) is 34.9 Å². The molecule has 1 aromatic carbocycles. The summed E-state index contributed by atoms with van der Waals surface area (Å²) < 4.78 is 0. The Labute approximate surface area is 115 Å². The van der Waals surface area contributed by atoms with Gasteiger partial charge in [-0.15, -0.1) is 0 Å². The molecule has 1 saturated carbocycles. The average Bonchev–Trinajstić information content (AvgIpc) is 2.81. The van der Waals surface area contributed by atoms with Crippen LogP contribution in [0.15, 0.2) is 24.3 Å². The predicted molar refractivity (Wildman–Crippen MR) is 75.8 cm³/mol. The maximum absolute atomic E-state index is 9.63. The van der Waals surface area contributed by atoms with Gasteiger partial charge in [-0.25, -0.2) is 0 Å². The normalized spacial score (nSPS) is 18.4. The average molecular weight is 268 g/mol. The summed E-state index contributed by atoms with van der Waals surface area (Å²) in [5.41, 5.74) is 1.28. The minimum absolute atomic E-state index is 0.121. The molecule has 0 atom stereocenters. The molecule has 0 unspecified atom stereocenters. The van der Waals surface area contributed by atoms with Crippen molar-refractivity contribution in [2.24, 2.45) is 5.41 Å². The Kier molecular flexibility index (Phi) is 4.66. The van der Waals surface area contributed by atoms with Gasteiger partial charge in [-0.2, -0.15) is 0 Å². The SMILES string of the molecule is CN(Cc1ccccc1Cl)CC1(CO)CCCC1. The van der Waals surface area contributed by atoms with Crippen molar-refractivity contribution in [2.45, 2.75) is 32.2 Å². The molecule has 0 bridgehead atoms. The second-order valence-corrected chi connectivity index (χ2v) is 6.04. The minimum atomic E-state index is 0.121. The topological polar surface area (TPSA) is 23.5 Å². The Hall–Kier alpha value is -0.570. The van der Waals surface area contributed by atoms with E-state index in [2.05, 4.69) is 18.0 Å². The third-order valence-corrected chi connectivity index (χ3v) is 4.37. The molecule has 1 aliphatic carbocycles. The molecule has 0 spiro atoms. The Morgan fingerprint density at radius 1 is 1.28 bits per heavy atom. The van der Waals surface area contributed by atoms with E-state index in [4.69, 9.17) is 11.6 Å². The number of rotatable bonds is 5. The van der Waals surface area contributed by atoms with Gasteiger partial charge >= 0.3 is 0 Å². The molecule has 1 aliphatic rings. The molecule has 0 heterocycles. The van der Waals surface area contributed by atoms with Crippen LogP contribution < -0.4 is 0 Å². The third-order valence-electron chi connectivity index (χ3n) is 4.00. The highest BCUT2D eigenvalue weighted by molar-refractivity contribution is 6.31. The van der Waals surface area contributed by atoms with E-state index in [-0.39, 0.29) is 5.41 Å². The van der Waals surface area contributed by atoms with Crippen molar-refractivity contribution in [1.82, 2.24) is 4.90 Å². The number of aliphatic hydroxyl groups excluding tert-OH is 1. The molecular formula is C15H22ClNO. The van der Waals surface area contributed by atoms with Crippen LogP contribution in [0.2, 0.25) is 5.02 Å². The number of aliphatic hydroxyl groups is 1. The van der Waals surface area contributed by atoms with Gasteiger partial charge in [0, 0.05) is 30.1 Å². The van der Waals surface area contributed by atoms with Crippen LogP contribution in [-0.4, -0.2) is 30.2 Å².